The van der Waals surface area contributed by atoms with Gasteiger partial charge in [-0.3, -0.25) is 0 Å². The summed E-state index contributed by atoms with van der Waals surface area (Å²) in [7, 11) is -4.17. The van der Waals surface area contributed by atoms with Crippen molar-refractivity contribution in [2.24, 2.45) is 0 Å². The third-order valence-corrected chi connectivity index (χ3v) is 6.28. The van der Waals surface area contributed by atoms with Gasteiger partial charge in [0, 0.05) is 5.39 Å². The van der Waals surface area contributed by atoms with E-state index < -0.39 is 15.8 Å². The molecular formula is C22H20FN3O3S. The number of halogens is 1. The zero-order valence-corrected chi connectivity index (χ0v) is 17.1. The molecule has 0 spiro atoms. The van der Waals surface area contributed by atoms with Crippen molar-refractivity contribution in [1.82, 2.24) is 14.2 Å². The fourth-order valence-electron chi connectivity index (χ4n) is 3.14. The van der Waals surface area contributed by atoms with Gasteiger partial charge in [-0.2, -0.15) is 13.4 Å². The van der Waals surface area contributed by atoms with Crippen molar-refractivity contribution in [3.8, 4) is 17.4 Å². The van der Waals surface area contributed by atoms with Crippen LogP contribution in [0.4, 0.5) is 4.39 Å². The van der Waals surface area contributed by atoms with Gasteiger partial charge in [0.05, 0.1) is 17.1 Å². The van der Waals surface area contributed by atoms with Crippen LogP contribution in [0.1, 0.15) is 19.8 Å². The minimum absolute atomic E-state index is 0.0270. The maximum atomic E-state index is 14.5. The Morgan fingerprint density at radius 3 is 2.53 bits per heavy atom. The molecule has 4 rings (SSSR count). The van der Waals surface area contributed by atoms with Crippen molar-refractivity contribution in [1.29, 1.82) is 0 Å². The molecule has 0 aliphatic heterocycles. The molecule has 0 aliphatic rings. The van der Waals surface area contributed by atoms with E-state index in [4.69, 9.17) is 4.74 Å². The van der Waals surface area contributed by atoms with Crippen LogP contribution < -0.4 is 4.74 Å². The lowest BCUT2D eigenvalue weighted by atomic mass is 10.1. The van der Waals surface area contributed by atoms with Crippen LogP contribution in [-0.4, -0.2) is 29.2 Å². The Balaban J connectivity index is 1.91. The number of fused-ring (bicyclic) bond motifs is 1. The molecule has 154 valence electrons. The number of benzene rings is 3. The number of hydrogen-bond acceptors (Lipinski definition) is 5. The molecule has 8 heteroatoms. The van der Waals surface area contributed by atoms with Crippen molar-refractivity contribution < 1.29 is 17.5 Å². The summed E-state index contributed by atoms with van der Waals surface area (Å²) in [6, 6.07) is 17.9. The standard InChI is InChI=1S/C22H20FN3O3S/c1-2-3-15-29-22-24-21(18-12-6-7-13-19(18)23)26(25-22)30(27,28)20-14-8-10-16-9-4-5-11-17(16)20/h4-14H,2-3,15H2,1H3. The van der Waals surface area contributed by atoms with Gasteiger partial charge in [0.15, 0.2) is 5.82 Å². The van der Waals surface area contributed by atoms with Crippen LogP contribution >= 0.6 is 0 Å². The van der Waals surface area contributed by atoms with Crippen LogP contribution in [0.25, 0.3) is 22.2 Å². The Bertz CT molecular complexity index is 1300. The zero-order valence-electron chi connectivity index (χ0n) is 16.3. The highest BCUT2D eigenvalue weighted by Crippen LogP contribution is 2.30. The molecule has 0 N–H and O–H groups in total. The SMILES string of the molecule is CCCCOc1nc(-c2ccccc2F)n(S(=O)(=O)c2cccc3ccccc23)n1. The van der Waals surface area contributed by atoms with Crippen LogP contribution in [0.5, 0.6) is 6.01 Å². The molecule has 0 bridgehead atoms. The molecule has 0 amide bonds. The summed E-state index contributed by atoms with van der Waals surface area (Å²) in [5.41, 5.74) is 0.0270. The number of hydrogen-bond donors (Lipinski definition) is 0. The summed E-state index contributed by atoms with van der Waals surface area (Å²) in [6.07, 6.45) is 1.66. The fraction of sp³-hybridized carbons (Fsp3) is 0.182. The van der Waals surface area contributed by atoms with Crippen molar-refractivity contribution in [2.45, 2.75) is 24.7 Å². The maximum Gasteiger partial charge on any atom is 0.337 e. The van der Waals surface area contributed by atoms with Crippen LogP contribution in [0, 0.1) is 5.82 Å². The molecule has 0 saturated carbocycles. The van der Waals surface area contributed by atoms with E-state index in [9.17, 15) is 12.8 Å². The molecule has 1 heterocycles. The highest BCUT2D eigenvalue weighted by molar-refractivity contribution is 7.90. The Morgan fingerprint density at radius 1 is 1.00 bits per heavy atom. The van der Waals surface area contributed by atoms with Gasteiger partial charge in [-0.25, -0.2) is 4.39 Å². The Labute approximate surface area is 174 Å². The average Bonchev–Trinajstić information content (AvgIpc) is 3.19. The van der Waals surface area contributed by atoms with Gasteiger partial charge in [0.25, 0.3) is 10.0 Å². The van der Waals surface area contributed by atoms with Gasteiger partial charge in [0.1, 0.15) is 5.82 Å². The Kier molecular flexibility index (Phi) is 5.50. The quantitative estimate of drug-likeness (QED) is 0.403. The van der Waals surface area contributed by atoms with Gasteiger partial charge >= 0.3 is 6.01 Å². The lowest BCUT2D eigenvalue weighted by Crippen LogP contribution is -2.17. The van der Waals surface area contributed by atoms with Gasteiger partial charge in [-0.1, -0.05) is 67.0 Å². The predicted molar refractivity (Wildman–Crippen MR) is 112 cm³/mol. The summed E-state index contributed by atoms with van der Waals surface area (Å²) >= 11 is 0. The smallest absolute Gasteiger partial charge is 0.337 e. The second-order valence-electron chi connectivity index (χ2n) is 6.73. The summed E-state index contributed by atoms with van der Waals surface area (Å²) < 4.78 is 47.9. The van der Waals surface area contributed by atoms with E-state index in [-0.39, 0.29) is 22.3 Å². The van der Waals surface area contributed by atoms with E-state index in [0.29, 0.717) is 12.0 Å². The van der Waals surface area contributed by atoms with E-state index in [1.807, 2.05) is 25.1 Å². The summed E-state index contributed by atoms with van der Waals surface area (Å²) in [4.78, 5) is 4.25. The van der Waals surface area contributed by atoms with Crippen molar-refractivity contribution in [3.63, 3.8) is 0 Å². The lowest BCUT2D eigenvalue weighted by Gasteiger charge is -2.10. The third kappa shape index (κ3) is 3.66. The van der Waals surface area contributed by atoms with E-state index in [1.165, 1.54) is 24.3 Å². The molecular weight excluding hydrogens is 405 g/mol. The van der Waals surface area contributed by atoms with Gasteiger partial charge < -0.3 is 4.74 Å². The molecule has 6 nitrogen and oxygen atoms in total. The number of unbranched alkanes of at least 4 members (excludes halogenated alkanes) is 1. The molecule has 4 aromatic rings. The molecule has 0 unspecified atom stereocenters. The molecule has 1 aromatic heterocycles. The molecule has 3 aromatic carbocycles. The van der Waals surface area contributed by atoms with Crippen molar-refractivity contribution >= 4 is 20.8 Å². The number of rotatable bonds is 7. The average molecular weight is 425 g/mol. The predicted octanol–water partition coefficient (Wildman–Crippen LogP) is 4.65. The largest absolute Gasteiger partial charge is 0.462 e. The first-order chi connectivity index (χ1) is 14.5. The molecule has 0 aliphatic carbocycles. The normalized spacial score (nSPS) is 11.7. The molecule has 0 radical (unpaired) electrons. The monoisotopic (exact) mass is 425 g/mol. The minimum Gasteiger partial charge on any atom is -0.462 e. The van der Waals surface area contributed by atoms with Crippen LogP contribution in [0.3, 0.4) is 0 Å². The van der Waals surface area contributed by atoms with Gasteiger partial charge in [0.2, 0.25) is 0 Å². The minimum atomic E-state index is -4.17. The summed E-state index contributed by atoms with van der Waals surface area (Å²) in [5.74, 6) is -0.730. The Morgan fingerprint density at radius 2 is 1.73 bits per heavy atom. The van der Waals surface area contributed by atoms with Crippen molar-refractivity contribution in [3.05, 3.63) is 72.5 Å². The molecule has 30 heavy (non-hydrogen) atoms. The Hall–Kier alpha value is -3.26. The highest BCUT2D eigenvalue weighted by atomic mass is 32.2. The van der Waals surface area contributed by atoms with Crippen LogP contribution in [0.15, 0.2) is 71.6 Å². The molecule has 0 saturated heterocycles. The van der Waals surface area contributed by atoms with Gasteiger partial charge in [-0.05, 0) is 30.0 Å². The number of ether oxygens (including phenoxy) is 1. The second kappa shape index (κ2) is 8.23. The van der Waals surface area contributed by atoms with Crippen molar-refractivity contribution in [2.75, 3.05) is 6.61 Å². The zero-order chi connectivity index (χ0) is 21.1. The first kappa shape index (κ1) is 20.0. The van der Waals surface area contributed by atoms with E-state index in [0.717, 1.165) is 22.3 Å². The fourth-order valence-corrected chi connectivity index (χ4v) is 4.58. The third-order valence-electron chi connectivity index (χ3n) is 4.66. The van der Waals surface area contributed by atoms with Crippen LogP contribution in [-0.2, 0) is 10.0 Å². The second-order valence-corrected chi connectivity index (χ2v) is 8.46. The first-order valence-electron chi connectivity index (χ1n) is 9.60. The molecule has 0 atom stereocenters. The lowest BCUT2D eigenvalue weighted by molar-refractivity contribution is 0.286. The summed E-state index contributed by atoms with van der Waals surface area (Å²) in [5, 5.41) is 5.40. The van der Waals surface area contributed by atoms with E-state index in [2.05, 4.69) is 10.1 Å². The van der Waals surface area contributed by atoms with E-state index >= 15 is 0 Å². The first-order valence-corrected chi connectivity index (χ1v) is 11.0. The summed E-state index contributed by atoms with van der Waals surface area (Å²) in [6.45, 7) is 2.34. The molecule has 0 fully saturated rings. The van der Waals surface area contributed by atoms with Gasteiger partial charge in [-0.15, -0.1) is 4.09 Å². The maximum absolute atomic E-state index is 14.5. The number of nitrogens with zero attached hydrogens (tertiary/aromatic N) is 3. The van der Waals surface area contributed by atoms with E-state index in [1.54, 1.807) is 24.3 Å². The van der Waals surface area contributed by atoms with Crippen LogP contribution in [0.2, 0.25) is 0 Å². The highest BCUT2D eigenvalue weighted by Gasteiger charge is 2.28. The topological polar surface area (TPSA) is 74.1 Å². The number of aromatic nitrogens is 3.